The number of benzene rings is 1. The lowest BCUT2D eigenvalue weighted by atomic mass is 10.1. The van der Waals surface area contributed by atoms with Crippen molar-refractivity contribution in [1.29, 1.82) is 0 Å². The number of hydrogen-bond donors (Lipinski definition) is 2. The molecule has 1 heterocycles. The molecule has 0 saturated carbocycles. The fourth-order valence-electron chi connectivity index (χ4n) is 1.42. The van der Waals surface area contributed by atoms with Gasteiger partial charge in [-0.05, 0) is 24.1 Å². The van der Waals surface area contributed by atoms with Crippen molar-refractivity contribution in [2.24, 2.45) is 5.73 Å². The third kappa shape index (κ3) is 2.19. The second-order valence-corrected chi connectivity index (χ2v) is 3.28. The molecule has 0 spiro atoms. The van der Waals surface area contributed by atoms with Gasteiger partial charge in [-0.15, -0.1) is 0 Å². The average Bonchev–Trinajstić information content (AvgIpc) is 2.53. The summed E-state index contributed by atoms with van der Waals surface area (Å²) in [5, 5.41) is 8.53. The van der Waals surface area contributed by atoms with Crippen molar-refractivity contribution in [3.05, 3.63) is 23.8 Å². The number of hydrogen-bond acceptors (Lipinski definition) is 4. The molecule has 0 aromatic heterocycles. The number of carboxylic acids is 1. The predicted molar refractivity (Wildman–Crippen MR) is 51.6 cm³/mol. The molecule has 80 valence electrons. The van der Waals surface area contributed by atoms with Gasteiger partial charge in [0.1, 0.15) is 0 Å². The molecule has 0 radical (unpaired) electrons. The molecule has 15 heavy (non-hydrogen) atoms. The minimum Gasteiger partial charge on any atom is -0.481 e. The maximum Gasteiger partial charge on any atom is 0.303 e. The third-order valence-corrected chi connectivity index (χ3v) is 2.12. The first-order valence-electron chi connectivity index (χ1n) is 4.59. The highest BCUT2D eigenvalue weighted by Gasteiger charge is 2.20. The van der Waals surface area contributed by atoms with Crippen LogP contribution in [-0.2, 0) is 11.2 Å². The lowest BCUT2D eigenvalue weighted by Gasteiger charge is -2.00. The number of ether oxygens (including phenoxy) is 2. The van der Waals surface area contributed by atoms with Crippen LogP contribution in [0, 0.1) is 0 Å². The zero-order valence-corrected chi connectivity index (χ0v) is 7.97. The van der Waals surface area contributed by atoms with E-state index in [0.717, 1.165) is 5.56 Å². The number of carbonyl (C=O) groups is 1. The summed E-state index contributed by atoms with van der Waals surface area (Å²) in [6.45, 7) is 0. The summed E-state index contributed by atoms with van der Waals surface area (Å²) in [7, 11) is 0. The van der Waals surface area contributed by atoms with Crippen molar-refractivity contribution in [1.82, 2.24) is 0 Å². The normalized spacial score (nSPS) is 17.8. The maximum absolute atomic E-state index is 10.4. The van der Waals surface area contributed by atoms with Crippen molar-refractivity contribution in [3.63, 3.8) is 0 Å². The molecule has 2 rings (SSSR count). The summed E-state index contributed by atoms with van der Waals surface area (Å²) in [4.78, 5) is 10.4. The van der Waals surface area contributed by atoms with Gasteiger partial charge in [0.15, 0.2) is 11.5 Å². The minimum atomic E-state index is -0.815. The van der Waals surface area contributed by atoms with E-state index in [2.05, 4.69) is 0 Å². The number of rotatable bonds is 3. The molecule has 0 bridgehead atoms. The molecule has 0 aliphatic carbocycles. The Labute approximate surface area is 86.4 Å². The Kier molecular flexibility index (Phi) is 2.47. The molecule has 1 aliphatic rings. The van der Waals surface area contributed by atoms with Crippen molar-refractivity contribution >= 4 is 5.97 Å². The van der Waals surface area contributed by atoms with Crippen LogP contribution in [0.5, 0.6) is 11.5 Å². The molecule has 0 saturated heterocycles. The van der Waals surface area contributed by atoms with Crippen LogP contribution in [-0.4, -0.2) is 17.5 Å². The van der Waals surface area contributed by atoms with E-state index in [1.807, 2.05) is 6.07 Å². The van der Waals surface area contributed by atoms with Gasteiger partial charge in [0.25, 0.3) is 6.41 Å². The summed E-state index contributed by atoms with van der Waals surface area (Å²) >= 11 is 0. The average molecular weight is 209 g/mol. The van der Waals surface area contributed by atoms with Gasteiger partial charge in [0, 0.05) is 6.42 Å². The monoisotopic (exact) mass is 209 g/mol. The van der Waals surface area contributed by atoms with E-state index in [1.165, 1.54) is 0 Å². The lowest BCUT2D eigenvalue weighted by Crippen LogP contribution is -2.28. The fraction of sp³-hybridized carbons (Fsp3) is 0.300. The second-order valence-electron chi connectivity index (χ2n) is 3.28. The number of aryl methyl sites for hydroxylation is 1. The van der Waals surface area contributed by atoms with Crippen molar-refractivity contribution in [2.45, 2.75) is 19.3 Å². The van der Waals surface area contributed by atoms with E-state index < -0.39 is 12.4 Å². The first-order chi connectivity index (χ1) is 7.15. The van der Waals surface area contributed by atoms with Crippen molar-refractivity contribution < 1.29 is 19.4 Å². The molecule has 1 unspecified atom stereocenters. The highest BCUT2D eigenvalue weighted by molar-refractivity contribution is 5.67. The number of carboxylic acid groups (broad SMARTS) is 1. The number of aliphatic carboxylic acids is 1. The maximum atomic E-state index is 10.4. The summed E-state index contributed by atoms with van der Waals surface area (Å²) in [6.07, 6.45) is -0.179. The van der Waals surface area contributed by atoms with Gasteiger partial charge in [-0.1, -0.05) is 6.07 Å². The topological polar surface area (TPSA) is 81.8 Å². The summed E-state index contributed by atoms with van der Waals surface area (Å²) in [6, 6.07) is 5.30. The van der Waals surface area contributed by atoms with E-state index in [-0.39, 0.29) is 6.42 Å². The van der Waals surface area contributed by atoms with Crippen molar-refractivity contribution in [2.75, 3.05) is 0 Å². The van der Waals surface area contributed by atoms with Crippen molar-refractivity contribution in [3.8, 4) is 11.5 Å². The fourth-order valence-corrected chi connectivity index (χ4v) is 1.42. The molecule has 3 N–H and O–H groups in total. The van der Waals surface area contributed by atoms with E-state index in [0.29, 0.717) is 17.9 Å². The molecule has 1 aromatic rings. The van der Waals surface area contributed by atoms with Crippen LogP contribution in [0.2, 0.25) is 0 Å². The van der Waals surface area contributed by atoms with Crippen LogP contribution in [0.15, 0.2) is 18.2 Å². The van der Waals surface area contributed by atoms with Crippen LogP contribution in [0.4, 0.5) is 0 Å². The van der Waals surface area contributed by atoms with E-state index in [9.17, 15) is 4.79 Å². The molecule has 0 fully saturated rings. The van der Waals surface area contributed by atoms with Gasteiger partial charge >= 0.3 is 5.97 Å². The Bertz CT molecular complexity index is 391. The van der Waals surface area contributed by atoms with Gasteiger partial charge < -0.3 is 14.6 Å². The Morgan fingerprint density at radius 1 is 1.40 bits per heavy atom. The molecule has 0 amide bonds. The highest BCUT2D eigenvalue weighted by atomic mass is 16.7. The Morgan fingerprint density at radius 2 is 2.13 bits per heavy atom. The van der Waals surface area contributed by atoms with E-state index in [1.54, 1.807) is 12.1 Å². The standard InChI is InChI=1S/C10H11NO4/c11-10-14-7-3-1-6(2-4-9(12)13)5-8(7)15-10/h1,3,5,10H,2,4,11H2,(H,12,13). The molecule has 5 nitrogen and oxygen atoms in total. The lowest BCUT2D eigenvalue weighted by molar-refractivity contribution is -0.136. The van der Waals surface area contributed by atoms with Crippen LogP contribution >= 0.6 is 0 Å². The molecule has 5 heteroatoms. The minimum absolute atomic E-state index is 0.103. The SMILES string of the molecule is NC1Oc2ccc(CCC(=O)O)cc2O1. The quantitative estimate of drug-likeness (QED) is 0.766. The van der Waals surface area contributed by atoms with Crippen LogP contribution < -0.4 is 15.2 Å². The number of fused-ring (bicyclic) bond motifs is 1. The molecule has 1 aliphatic heterocycles. The summed E-state index contributed by atoms with van der Waals surface area (Å²) in [5.74, 6) is 0.358. The van der Waals surface area contributed by atoms with E-state index >= 15 is 0 Å². The molecular weight excluding hydrogens is 198 g/mol. The zero-order valence-electron chi connectivity index (χ0n) is 7.97. The Balaban J connectivity index is 2.09. The molecule has 1 atom stereocenters. The van der Waals surface area contributed by atoms with Gasteiger partial charge in [0.05, 0.1) is 0 Å². The molecular formula is C10H11NO4. The Hall–Kier alpha value is -1.75. The highest BCUT2D eigenvalue weighted by Crippen LogP contribution is 2.34. The summed E-state index contributed by atoms with van der Waals surface area (Å²) < 4.78 is 10.3. The first-order valence-corrected chi connectivity index (χ1v) is 4.59. The van der Waals surface area contributed by atoms with Gasteiger partial charge in [-0.3, -0.25) is 10.5 Å². The summed E-state index contributed by atoms with van der Waals surface area (Å²) in [5.41, 5.74) is 6.32. The van der Waals surface area contributed by atoms with Gasteiger partial charge in [-0.25, -0.2) is 0 Å². The van der Waals surface area contributed by atoms with Gasteiger partial charge in [0.2, 0.25) is 0 Å². The molecule has 1 aromatic carbocycles. The smallest absolute Gasteiger partial charge is 0.303 e. The van der Waals surface area contributed by atoms with Gasteiger partial charge in [-0.2, -0.15) is 0 Å². The van der Waals surface area contributed by atoms with Crippen LogP contribution in [0.25, 0.3) is 0 Å². The zero-order chi connectivity index (χ0) is 10.8. The Morgan fingerprint density at radius 3 is 2.87 bits per heavy atom. The van der Waals surface area contributed by atoms with Crippen LogP contribution in [0.3, 0.4) is 0 Å². The third-order valence-electron chi connectivity index (χ3n) is 2.12. The predicted octanol–water partition coefficient (Wildman–Crippen LogP) is 0.717. The van der Waals surface area contributed by atoms with Crippen LogP contribution in [0.1, 0.15) is 12.0 Å². The second kappa shape index (κ2) is 3.78. The largest absolute Gasteiger partial charge is 0.481 e. The van der Waals surface area contributed by atoms with E-state index in [4.69, 9.17) is 20.3 Å². The first kappa shape index (κ1) is 9.79. The number of nitrogens with two attached hydrogens (primary N) is 1.